The van der Waals surface area contributed by atoms with Gasteiger partial charge < -0.3 is 10.1 Å². The van der Waals surface area contributed by atoms with Crippen molar-refractivity contribution in [2.75, 3.05) is 6.61 Å². The number of nitrogens with zero attached hydrogens (tertiary/aromatic N) is 2. The summed E-state index contributed by atoms with van der Waals surface area (Å²) in [5.74, 6) is -0.524. The molecule has 3 aromatic rings. The Hall–Kier alpha value is -3.20. The zero-order valence-electron chi connectivity index (χ0n) is 17.7. The first-order valence-electron chi connectivity index (χ1n) is 9.92. The summed E-state index contributed by atoms with van der Waals surface area (Å²) in [6.45, 7) is 2.53. The molecule has 0 unspecified atom stereocenters. The van der Waals surface area contributed by atoms with Crippen molar-refractivity contribution in [3.8, 4) is 5.69 Å². The number of halogens is 4. The summed E-state index contributed by atoms with van der Waals surface area (Å²) in [4.78, 5) is 12.5. The second-order valence-corrected chi connectivity index (χ2v) is 7.42. The smallest absolute Gasteiger partial charge is 0.367 e. The van der Waals surface area contributed by atoms with Gasteiger partial charge in [-0.2, -0.15) is 18.3 Å². The fourth-order valence-corrected chi connectivity index (χ4v) is 3.23. The Labute approximate surface area is 183 Å². The Morgan fingerprint density at radius 1 is 1.03 bits per heavy atom. The van der Waals surface area contributed by atoms with E-state index < -0.39 is 12.8 Å². The number of alkyl halides is 3. The number of rotatable bonds is 8. The molecule has 0 bridgehead atoms. The predicted molar refractivity (Wildman–Crippen MR) is 111 cm³/mol. The molecule has 32 heavy (non-hydrogen) atoms. The van der Waals surface area contributed by atoms with E-state index in [1.807, 2.05) is 13.8 Å². The highest BCUT2D eigenvalue weighted by molar-refractivity contribution is 5.79. The molecule has 1 heterocycles. The van der Waals surface area contributed by atoms with Crippen molar-refractivity contribution in [1.29, 1.82) is 0 Å². The van der Waals surface area contributed by atoms with Crippen LogP contribution in [0.15, 0.2) is 48.5 Å². The van der Waals surface area contributed by atoms with Crippen molar-refractivity contribution in [3.05, 3.63) is 82.4 Å². The number of hydrogen-bond acceptors (Lipinski definition) is 3. The first kappa shape index (κ1) is 23.5. The highest BCUT2D eigenvalue weighted by Gasteiger charge is 2.27. The molecular formula is C23H23F4N3O2. The van der Waals surface area contributed by atoms with Crippen molar-refractivity contribution < 1.29 is 27.1 Å². The number of ether oxygens (including phenoxy) is 1. The summed E-state index contributed by atoms with van der Waals surface area (Å²) in [5, 5.41) is 7.30. The van der Waals surface area contributed by atoms with E-state index in [9.17, 15) is 22.4 Å². The van der Waals surface area contributed by atoms with Crippen LogP contribution in [-0.4, -0.2) is 28.5 Å². The quantitative estimate of drug-likeness (QED) is 0.513. The molecule has 0 saturated carbocycles. The highest BCUT2D eigenvalue weighted by atomic mass is 19.4. The molecule has 3 rings (SSSR count). The van der Waals surface area contributed by atoms with Crippen molar-refractivity contribution >= 4 is 5.91 Å². The fraction of sp³-hybridized carbons (Fsp3) is 0.304. The van der Waals surface area contributed by atoms with Crippen LogP contribution in [0.1, 0.15) is 28.1 Å². The number of carbonyl (C=O) groups is 1. The van der Waals surface area contributed by atoms with Crippen molar-refractivity contribution in [2.45, 2.75) is 39.6 Å². The molecule has 0 radical (unpaired) electrons. The summed E-state index contributed by atoms with van der Waals surface area (Å²) in [7, 11) is 0. The van der Waals surface area contributed by atoms with Gasteiger partial charge in [0.05, 0.1) is 24.4 Å². The van der Waals surface area contributed by atoms with Gasteiger partial charge in [-0.05, 0) is 49.2 Å². The lowest BCUT2D eigenvalue weighted by atomic mass is 10.1. The zero-order valence-corrected chi connectivity index (χ0v) is 17.7. The molecule has 0 atom stereocenters. The minimum Gasteiger partial charge on any atom is -0.367 e. The van der Waals surface area contributed by atoms with E-state index in [-0.39, 0.29) is 31.3 Å². The average molecular weight is 449 g/mol. The van der Waals surface area contributed by atoms with E-state index in [1.54, 1.807) is 41.1 Å². The number of carbonyl (C=O) groups excluding carboxylic acids is 1. The first-order valence-corrected chi connectivity index (χ1v) is 9.92. The van der Waals surface area contributed by atoms with Crippen LogP contribution in [0.2, 0.25) is 0 Å². The molecule has 0 spiro atoms. The normalized spacial score (nSPS) is 11.6. The molecule has 5 nitrogen and oxygen atoms in total. The molecule has 9 heteroatoms. The van der Waals surface area contributed by atoms with Crippen molar-refractivity contribution in [3.63, 3.8) is 0 Å². The zero-order chi connectivity index (χ0) is 23.3. The van der Waals surface area contributed by atoms with Gasteiger partial charge in [-0.15, -0.1) is 0 Å². The number of nitrogens with one attached hydrogen (secondary N) is 1. The number of hydrogen-bond donors (Lipinski definition) is 1. The molecule has 2 aromatic carbocycles. The van der Waals surface area contributed by atoms with E-state index in [4.69, 9.17) is 0 Å². The van der Waals surface area contributed by atoms with Gasteiger partial charge in [-0.25, -0.2) is 9.07 Å². The van der Waals surface area contributed by atoms with Crippen molar-refractivity contribution in [2.24, 2.45) is 0 Å². The molecule has 170 valence electrons. The minimum atomic E-state index is -4.35. The Morgan fingerprint density at radius 3 is 2.28 bits per heavy atom. The van der Waals surface area contributed by atoms with Gasteiger partial charge in [-0.3, -0.25) is 4.79 Å². The molecular weight excluding hydrogens is 426 g/mol. The van der Waals surface area contributed by atoms with Crippen LogP contribution in [0, 0.1) is 19.7 Å². The molecule has 0 saturated heterocycles. The number of benzene rings is 2. The molecule has 0 fully saturated rings. The lowest BCUT2D eigenvalue weighted by Gasteiger charge is -2.09. The van der Waals surface area contributed by atoms with E-state index in [0.717, 1.165) is 16.8 Å². The van der Waals surface area contributed by atoms with Crippen LogP contribution < -0.4 is 5.32 Å². The maximum atomic E-state index is 13.2. The van der Waals surface area contributed by atoms with Gasteiger partial charge in [0, 0.05) is 17.8 Å². The summed E-state index contributed by atoms with van der Waals surface area (Å²) >= 11 is 0. The van der Waals surface area contributed by atoms with E-state index in [0.29, 0.717) is 16.9 Å². The van der Waals surface area contributed by atoms with Gasteiger partial charge in [0.15, 0.2) is 0 Å². The van der Waals surface area contributed by atoms with Crippen LogP contribution in [0.25, 0.3) is 5.69 Å². The molecule has 1 amide bonds. The number of aryl methyl sites for hydroxylation is 1. The SMILES string of the molecule is Cc1nn(-c2ccc(F)cc2)c(C)c1CC(=O)NCc1ccc(COCC(F)(F)F)cc1. The fourth-order valence-electron chi connectivity index (χ4n) is 3.23. The molecule has 0 aliphatic rings. The van der Waals surface area contributed by atoms with Gasteiger partial charge in [0.2, 0.25) is 5.91 Å². The van der Waals surface area contributed by atoms with Crippen LogP contribution in [-0.2, 0) is 29.1 Å². The Morgan fingerprint density at radius 2 is 1.66 bits per heavy atom. The molecule has 0 aliphatic heterocycles. The van der Waals surface area contributed by atoms with Crippen LogP contribution >= 0.6 is 0 Å². The number of aromatic nitrogens is 2. The third-order valence-electron chi connectivity index (χ3n) is 4.90. The maximum absolute atomic E-state index is 13.2. The van der Waals surface area contributed by atoms with Gasteiger partial charge in [0.25, 0.3) is 0 Å². The van der Waals surface area contributed by atoms with Gasteiger partial charge in [-0.1, -0.05) is 24.3 Å². The van der Waals surface area contributed by atoms with Crippen molar-refractivity contribution in [1.82, 2.24) is 15.1 Å². The van der Waals surface area contributed by atoms with E-state index >= 15 is 0 Å². The second-order valence-electron chi connectivity index (χ2n) is 7.42. The summed E-state index contributed by atoms with van der Waals surface area (Å²) in [6.07, 6.45) is -4.21. The van der Waals surface area contributed by atoms with Crippen LogP contribution in [0.3, 0.4) is 0 Å². The lowest BCUT2D eigenvalue weighted by Crippen LogP contribution is -2.25. The topological polar surface area (TPSA) is 56.2 Å². The molecule has 0 aliphatic carbocycles. The van der Waals surface area contributed by atoms with Gasteiger partial charge in [0.1, 0.15) is 12.4 Å². The standard InChI is InChI=1S/C23H23F4N3O2/c1-15-21(16(2)30(29-15)20-9-7-19(24)8-10-20)11-22(31)28-12-17-3-5-18(6-4-17)13-32-14-23(25,26)27/h3-10H,11-14H2,1-2H3,(H,28,31). The monoisotopic (exact) mass is 449 g/mol. The largest absolute Gasteiger partial charge is 0.411 e. The Bertz CT molecular complexity index is 1060. The molecule has 1 N–H and O–H groups in total. The third kappa shape index (κ3) is 6.40. The maximum Gasteiger partial charge on any atom is 0.411 e. The van der Waals surface area contributed by atoms with E-state index in [2.05, 4.69) is 15.2 Å². The second kappa shape index (κ2) is 9.95. The summed E-state index contributed by atoms with van der Waals surface area (Å²) in [6, 6.07) is 12.7. The average Bonchev–Trinajstić information content (AvgIpc) is 3.01. The van der Waals surface area contributed by atoms with Crippen LogP contribution in [0.4, 0.5) is 17.6 Å². The third-order valence-corrected chi connectivity index (χ3v) is 4.90. The Balaban J connectivity index is 1.54. The lowest BCUT2D eigenvalue weighted by molar-refractivity contribution is -0.176. The highest BCUT2D eigenvalue weighted by Crippen LogP contribution is 2.19. The van der Waals surface area contributed by atoms with Crippen LogP contribution in [0.5, 0.6) is 0 Å². The summed E-state index contributed by atoms with van der Waals surface area (Å²) < 4.78 is 55.8. The predicted octanol–water partition coefficient (Wildman–Crippen LogP) is 4.57. The van der Waals surface area contributed by atoms with E-state index in [1.165, 1.54) is 12.1 Å². The van der Waals surface area contributed by atoms with Gasteiger partial charge >= 0.3 is 6.18 Å². The number of amides is 1. The summed E-state index contributed by atoms with van der Waals surface area (Å²) in [5.41, 5.74) is 4.44. The first-order chi connectivity index (χ1) is 15.1. The molecule has 1 aromatic heterocycles. The Kier molecular flexibility index (Phi) is 7.29. The minimum absolute atomic E-state index is 0.136.